The van der Waals surface area contributed by atoms with Gasteiger partial charge in [-0.3, -0.25) is 9.59 Å². The zero-order valence-corrected chi connectivity index (χ0v) is 12.5. The molecule has 1 aromatic rings. The molecule has 0 aromatic heterocycles. The molecule has 0 spiro atoms. The standard InChI is InChI=1S/C16H19NO5/c1-8-7-9(21-2)3-4-10(8)17-15(18)13-11-5-6-12(22-11)14(13)16(19)20/h3-4,7,11-14H,5-6H2,1-2H3,(H,17,18)(H,19,20)/t11-,12-,13+,14-/m0/s1. The van der Waals surface area contributed by atoms with E-state index in [4.69, 9.17) is 9.47 Å². The summed E-state index contributed by atoms with van der Waals surface area (Å²) in [7, 11) is 1.58. The molecule has 2 N–H and O–H groups in total. The lowest BCUT2D eigenvalue weighted by Gasteiger charge is -2.24. The topological polar surface area (TPSA) is 84.9 Å². The molecule has 2 fully saturated rings. The van der Waals surface area contributed by atoms with Crippen LogP contribution in [0, 0.1) is 18.8 Å². The lowest BCUT2D eigenvalue weighted by atomic mass is 9.78. The maximum Gasteiger partial charge on any atom is 0.310 e. The van der Waals surface area contributed by atoms with E-state index >= 15 is 0 Å². The summed E-state index contributed by atoms with van der Waals surface area (Å²) >= 11 is 0. The van der Waals surface area contributed by atoms with Crippen molar-refractivity contribution in [1.29, 1.82) is 0 Å². The number of aryl methyl sites for hydroxylation is 1. The van der Waals surface area contributed by atoms with E-state index in [0.717, 1.165) is 12.0 Å². The van der Waals surface area contributed by atoms with Crippen molar-refractivity contribution in [3.8, 4) is 5.75 Å². The third-order valence-electron chi connectivity index (χ3n) is 4.55. The quantitative estimate of drug-likeness (QED) is 0.886. The number of amides is 1. The van der Waals surface area contributed by atoms with Crippen molar-refractivity contribution in [3.05, 3.63) is 23.8 Å². The number of nitrogens with one attached hydrogen (secondary N) is 1. The lowest BCUT2D eigenvalue weighted by molar-refractivity contribution is -0.147. The summed E-state index contributed by atoms with van der Waals surface area (Å²) < 4.78 is 10.8. The van der Waals surface area contributed by atoms with Crippen LogP contribution in [0.25, 0.3) is 0 Å². The zero-order chi connectivity index (χ0) is 15.9. The number of hydrogen-bond donors (Lipinski definition) is 2. The highest BCUT2D eigenvalue weighted by molar-refractivity contribution is 5.96. The van der Waals surface area contributed by atoms with E-state index in [1.165, 1.54) is 0 Å². The molecule has 2 bridgehead atoms. The Morgan fingerprint density at radius 1 is 1.27 bits per heavy atom. The van der Waals surface area contributed by atoms with Gasteiger partial charge in [0, 0.05) is 5.69 Å². The number of anilines is 1. The number of carbonyl (C=O) groups excluding carboxylic acids is 1. The minimum atomic E-state index is -0.959. The number of carboxylic acid groups (broad SMARTS) is 1. The fourth-order valence-corrected chi connectivity index (χ4v) is 3.44. The van der Waals surface area contributed by atoms with Crippen LogP contribution in [-0.2, 0) is 14.3 Å². The molecule has 4 atom stereocenters. The molecule has 118 valence electrons. The Morgan fingerprint density at radius 3 is 2.55 bits per heavy atom. The molecule has 6 nitrogen and oxygen atoms in total. The van der Waals surface area contributed by atoms with Crippen molar-refractivity contribution in [3.63, 3.8) is 0 Å². The third-order valence-corrected chi connectivity index (χ3v) is 4.55. The molecule has 2 heterocycles. The average molecular weight is 305 g/mol. The summed E-state index contributed by atoms with van der Waals surface area (Å²) in [5, 5.41) is 12.2. The fraction of sp³-hybridized carbons (Fsp3) is 0.500. The predicted octanol–water partition coefficient (Wildman–Crippen LogP) is 1.82. The minimum absolute atomic E-state index is 0.284. The summed E-state index contributed by atoms with van der Waals surface area (Å²) in [6, 6.07) is 5.34. The van der Waals surface area contributed by atoms with Gasteiger partial charge in [0.15, 0.2) is 0 Å². The Morgan fingerprint density at radius 2 is 1.95 bits per heavy atom. The van der Waals surface area contributed by atoms with Crippen LogP contribution in [0.1, 0.15) is 18.4 Å². The first-order valence-corrected chi connectivity index (χ1v) is 7.35. The first kappa shape index (κ1) is 14.8. The van der Waals surface area contributed by atoms with E-state index in [2.05, 4.69) is 5.32 Å². The lowest BCUT2D eigenvalue weighted by Crippen LogP contribution is -2.41. The van der Waals surface area contributed by atoms with Gasteiger partial charge < -0.3 is 19.9 Å². The number of benzene rings is 1. The fourth-order valence-electron chi connectivity index (χ4n) is 3.44. The summed E-state index contributed by atoms with van der Waals surface area (Å²) in [6.45, 7) is 1.87. The number of fused-ring (bicyclic) bond motifs is 2. The molecule has 1 amide bonds. The van der Waals surface area contributed by atoms with Gasteiger partial charge in [-0.05, 0) is 43.5 Å². The SMILES string of the molecule is COc1ccc(NC(=O)[C@H]2[C@@H](C(=O)O)[C@@H]3CC[C@@H]2O3)c(C)c1. The van der Waals surface area contributed by atoms with Crippen molar-refractivity contribution in [2.75, 3.05) is 12.4 Å². The van der Waals surface area contributed by atoms with Gasteiger partial charge in [0.2, 0.25) is 5.91 Å². The van der Waals surface area contributed by atoms with Gasteiger partial charge in [0.1, 0.15) is 5.75 Å². The van der Waals surface area contributed by atoms with Crippen LogP contribution in [0.2, 0.25) is 0 Å². The molecule has 0 saturated carbocycles. The van der Waals surface area contributed by atoms with E-state index < -0.39 is 17.8 Å². The van der Waals surface area contributed by atoms with Gasteiger partial charge in [-0.1, -0.05) is 0 Å². The van der Waals surface area contributed by atoms with Crippen LogP contribution < -0.4 is 10.1 Å². The van der Waals surface area contributed by atoms with Crippen molar-refractivity contribution >= 4 is 17.6 Å². The summed E-state index contributed by atoms with van der Waals surface area (Å²) in [4.78, 5) is 24.0. The molecule has 0 radical (unpaired) electrons. The number of carbonyl (C=O) groups is 2. The molecule has 6 heteroatoms. The van der Waals surface area contributed by atoms with E-state index in [-0.39, 0.29) is 18.1 Å². The average Bonchev–Trinajstić information content (AvgIpc) is 3.09. The number of aliphatic carboxylic acids is 1. The largest absolute Gasteiger partial charge is 0.497 e. The summed E-state index contributed by atoms with van der Waals surface area (Å²) in [6.07, 6.45) is 0.834. The number of methoxy groups -OCH3 is 1. The van der Waals surface area contributed by atoms with Crippen molar-refractivity contribution < 1.29 is 24.2 Å². The Labute approximate surface area is 128 Å². The molecule has 2 aliphatic heterocycles. The van der Waals surface area contributed by atoms with Crippen LogP contribution in [0.5, 0.6) is 5.75 Å². The highest BCUT2D eigenvalue weighted by atomic mass is 16.5. The van der Waals surface area contributed by atoms with Gasteiger partial charge in [-0.15, -0.1) is 0 Å². The molecule has 0 unspecified atom stereocenters. The van der Waals surface area contributed by atoms with E-state index in [0.29, 0.717) is 17.9 Å². The highest BCUT2D eigenvalue weighted by Gasteiger charge is 2.55. The maximum absolute atomic E-state index is 12.5. The van der Waals surface area contributed by atoms with Crippen molar-refractivity contribution in [2.24, 2.45) is 11.8 Å². The van der Waals surface area contributed by atoms with E-state index in [1.54, 1.807) is 19.2 Å². The molecule has 3 rings (SSSR count). The molecule has 0 aliphatic carbocycles. The Bertz CT molecular complexity index is 615. The van der Waals surface area contributed by atoms with Crippen LogP contribution >= 0.6 is 0 Å². The third kappa shape index (κ3) is 2.43. The summed E-state index contributed by atoms with van der Waals surface area (Å²) in [5.74, 6) is -1.91. The predicted molar refractivity (Wildman–Crippen MR) is 78.9 cm³/mol. The second kappa shape index (κ2) is 5.61. The van der Waals surface area contributed by atoms with Crippen molar-refractivity contribution in [2.45, 2.75) is 32.0 Å². The molecular weight excluding hydrogens is 286 g/mol. The number of hydrogen-bond acceptors (Lipinski definition) is 4. The maximum atomic E-state index is 12.5. The molecule has 22 heavy (non-hydrogen) atoms. The number of rotatable bonds is 4. The number of carboxylic acids is 1. The molecule has 2 saturated heterocycles. The highest BCUT2D eigenvalue weighted by Crippen LogP contribution is 2.44. The van der Waals surface area contributed by atoms with Crippen LogP contribution in [0.15, 0.2) is 18.2 Å². The normalized spacial score (nSPS) is 29.4. The van der Waals surface area contributed by atoms with Crippen LogP contribution in [-0.4, -0.2) is 36.3 Å². The monoisotopic (exact) mass is 305 g/mol. The molecule has 2 aliphatic rings. The number of ether oxygens (including phenoxy) is 2. The van der Waals surface area contributed by atoms with Gasteiger partial charge in [0.25, 0.3) is 0 Å². The minimum Gasteiger partial charge on any atom is -0.497 e. The van der Waals surface area contributed by atoms with Gasteiger partial charge >= 0.3 is 5.97 Å². The van der Waals surface area contributed by atoms with Crippen LogP contribution in [0.3, 0.4) is 0 Å². The Hall–Kier alpha value is -2.08. The van der Waals surface area contributed by atoms with Gasteiger partial charge in [0.05, 0.1) is 31.2 Å². The molecular formula is C16H19NO5. The smallest absolute Gasteiger partial charge is 0.310 e. The van der Waals surface area contributed by atoms with E-state index in [1.807, 2.05) is 13.0 Å². The second-order valence-electron chi connectivity index (χ2n) is 5.85. The summed E-state index contributed by atoms with van der Waals surface area (Å²) in [5.41, 5.74) is 1.53. The van der Waals surface area contributed by atoms with Crippen LogP contribution in [0.4, 0.5) is 5.69 Å². The second-order valence-corrected chi connectivity index (χ2v) is 5.85. The van der Waals surface area contributed by atoms with Gasteiger partial charge in [-0.2, -0.15) is 0 Å². The Kier molecular flexibility index (Phi) is 3.78. The first-order chi connectivity index (χ1) is 10.5. The molecule has 1 aromatic carbocycles. The first-order valence-electron chi connectivity index (χ1n) is 7.35. The van der Waals surface area contributed by atoms with Crippen molar-refractivity contribution in [1.82, 2.24) is 0 Å². The zero-order valence-electron chi connectivity index (χ0n) is 12.5. The van der Waals surface area contributed by atoms with Gasteiger partial charge in [-0.25, -0.2) is 0 Å². The Balaban J connectivity index is 1.78. The van der Waals surface area contributed by atoms with E-state index in [9.17, 15) is 14.7 Å².